The lowest BCUT2D eigenvalue weighted by Crippen LogP contribution is -2.63. The van der Waals surface area contributed by atoms with E-state index in [4.69, 9.17) is 0 Å². The largest absolute Gasteiger partial charge is 0.480 e. The third-order valence-electron chi connectivity index (χ3n) is 3.26. The van der Waals surface area contributed by atoms with Crippen LogP contribution in [0.2, 0.25) is 0 Å². The summed E-state index contributed by atoms with van der Waals surface area (Å²) >= 11 is 1.67. The Kier molecular flexibility index (Phi) is 3.39. The minimum Gasteiger partial charge on any atom is -0.480 e. The third-order valence-corrected chi connectivity index (χ3v) is 4.52. The number of nitrogens with zero attached hydrogens (tertiary/aromatic N) is 1. The van der Waals surface area contributed by atoms with Gasteiger partial charge in [0.2, 0.25) is 5.91 Å². The summed E-state index contributed by atoms with van der Waals surface area (Å²) in [5, 5.41) is 12.2. The van der Waals surface area contributed by atoms with Gasteiger partial charge in [0, 0.05) is 18.8 Å². The molecular weight excluding hydrogens is 228 g/mol. The Morgan fingerprint density at radius 2 is 2.38 bits per heavy atom. The van der Waals surface area contributed by atoms with Gasteiger partial charge < -0.3 is 10.4 Å². The van der Waals surface area contributed by atoms with Crippen LogP contribution in [0.15, 0.2) is 0 Å². The van der Waals surface area contributed by atoms with Gasteiger partial charge in [0.05, 0.1) is 6.54 Å². The molecule has 2 heterocycles. The van der Waals surface area contributed by atoms with Crippen LogP contribution in [0.3, 0.4) is 0 Å². The molecule has 0 aliphatic carbocycles. The zero-order valence-electron chi connectivity index (χ0n) is 9.07. The second-order valence-corrected chi connectivity index (χ2v) is 5.37. The molecule has 0 radical (unpaired) electrons. The lowest BCUT2D eigenvalue weighted by molar-refractivity contribution is -0.152. The molecule has 0 saturated carbocycles. The molecule has 5 nitrogen and oxygen atoms in total. The van der Waals surface area contributed by atoms with E-state index in [1.807, 2.05) is 4.90 Å². The van der Waals surface area contributed by atoms with E-state index in [0.29, 0.717) is 25.3 Å². The van der Waals surface area contributed by atoms with Crippen LogP contribution in [-0.4, -0.2) is 58.6 Å². The summed E-state index contributed by atoms with van der Waals surface area (Å²) in [6, 6.07) is 0. The maximum absolute atomic E-state index is 11.5. The Bertz CT molecular complexity index is 302. The fraction of sp³-hybridized carbons (Fsp3) is 0.800. The van der Waals surface area contributed by atoms with Crippen LogP contribution >= 0.6 is 11.8 Å². The fourth-order valence-corrected chi connectivity index (χ4v) is 3.62. The Balaban J connectivity index is 2.17. The molecule has 90 valence electrons. The van der Waals surface area contributed by atoms with Crippen LogP contribution in [0.4, 0.5) is 0 Å². The van der Waals surface area contributed by atoms with E-state index in [-0.39, 0.29) is 12.5 Å². The Labute approximate surface area is 98.6 Å². The van der Waals surface area contributed by atoms with Crippen molar-refractivity contribution in [3.05, 3.63) is 0 Å². The second-order valence-electron chi connectivity index (χ2n) is 4.26. The van der Waals surface area contributed by atoms with Gasteiger partial charge in [-0.3, -0.25) is 14.5 Å². The van der Waals surface area contributed by atoms with Gasteiger partial charge in [-0.1, -0.05) is 0 Å². The molecule has 2 N–H and O–H groups in total. The van der Waals surface area contributed by atoms with Crippen molar-refractivity contribution in [2.45, 2.75) is 18.4 Å². The number of hydrogen-bond donors (Lipinski definition) is 2. The predicted octanol–water partition coefficient (Wildman–Crippen LogP) is -0.231. The highest BCUT2D eigenvalue weighted by molar-refractivity contribution is 7.99. The molecule has 2 rings (SSSR count). The van der Waals surface area contributed by atoms with Gasteiger partial charge in [0.15, 0.2) is 0 Å². The maximum Gasteiger partial charge on any atom is 0.325 e. The maximum atomic E-state index is 11.5. The molecular formula is C10H16N2O3S. The Hall–Kier alpha value is -0.750. The van der Waals surface area contributed by atoms with Crippen LogP contribution in [-0.2, 0) is 9.59 Å². The number of carboxylic acids is 1. The summed E-state index contributed by atoms with van der Waals surface area (Å²) in [6.07, 6.45) is 1.57. The highest BCUT2D eigenvalue weighted by Crippen LogP contribution is 2.32. The molecule has 0 aromatic rings. The van der Waals surface area contributed by atoms with Crippen LogP contribution in [0.5, 0.6) is 0 Å². The lowest BCUT2D eigenvalue weighted by atomic mass is 9.92. The van der Waals surface area contributed by atoms with Crippen molar-refractivity contribution in [2.75, 3.05) is 31.1 Å². The number of hydrogen-bond acceptors (Lipinski definition) is 4. The number of piperazine rings is 1. The quantitative estimate of drug-likeness (QED) is 0.702. The smallest absolute Gasteiger partial charge is 0.325 e. The number of carbonyl (C=O) groups excluding carboxylic acids is 1. The summed E-state index contributed by atoms with van der Waals surface area (Å²) < 4.78 is 0. The number of thioether (sulfide) groups is 1. The van der Waals surface area contributed by atoms with Gasteiger partial charge in [-0.15, -0.1) is 0 Å². The van der Waals surface area contributed by atoms with Crippen molar-refractivity contribution in [3.63, 3.8) is 0 Å². The minimum absolute atomic E-state index is 0.0672. The summed E-state index contributed by atoms with van der Waals surface area (Å²) in [5.41, 5.74) is -0.819. The molecule has 1 amide bonds. The molecule has 2 fully saturated rings. The van der Waals surface area contributed by atoms with Crippen LogP contribution in [0.1, 0.15) is 12.8 Å². The first-order valence-corrected chi connectivity index (χ1v) is 6.63. The normalized spacial score (nSPS) is 32.1. The Morgan fingerprint density at radius 1 is 1.56 bits per heavy atom. The zero-order valence-corrected chi connectivity index (χ0v) is 9.89. The first-order valence-electron chi connectivity index (χ1n) is 5.48. The predicted molar refractivity (Wildman–Crippen MR) is 61.5 cm³/mol. The van der Waals surface area contributed by atoms with Crippen molar-refractivity contribution in [1.82, 2.24) is 10.2 Å². The van der Waals surface area contributed by atoms with Crippen LogP contribution < -0.4 is 5.32 Å². The van der Waals surface area contributed by atoms with Gasteiger partial charge in [-0.05, 0) is 18.6 Å². The highest BCUT2D eigenvalue weighted by atomic mass is 32.2. The molecule has 2 saturated heterocycles. The van der Waals surface area contributed by atoms with Gasteiger partial charge >= 0.3 is 5.97 Å². The number of amides is 1. The van der Waals surface area contributed by atoms with Crippen LogP contribution in [0, 0.1) is 0 Å². The molecule has 0 spiro atoms. The fourth-order valence-electron chi connectivity index (χ4n) is 2.34. The minimum atomic E-state index is -0.819. The summed E-state index contributed by atoms with van der Waals surface area (Å²) in [5.74, 6) is 0.766. The van der Waals surface area contributed by atoms with Crippen LogP contribution in [0.25, 0.3) is 0 Å². The molecule has 2 aliphatic rings. The number of carbonyl (C=O) groups is 2. The van der Waals surface area contributed by atoms with Crippen molar-refractivity contribution >= 4 is 23.6 Å². The molecule has 2 aliphatic heterocycles. The van der Waals surface area contributed by atoms with Crippen molar-refractivity contribution in [1.29, 1.82) is 0 Å². The second kappa shape index (κ2) is 4.63. The topological polar surface area (TPSA) is 69.6 Å². The average Bonchev–Trinajstić information content (AvgIpc) is 2.30. The molecule has 1 unspecified atom stereocenters. The monoisotopic (exact) mass is 244 g/mol. The SMILES string of the molecule is O=C1CN(C2(C(=O)O)CCCSC2)CCN1. The lowest BCUT2D eigenvalue weighted by Gasteiger charge is -2.44. The summed E-state index contributed by atoms with van der Waals surface area (Å²) in [6.45, 7) is 1.41. The third kappa shape index (κ3) is 2.04. The van der Waals surface area contributed by atoms with E-state index in [1.54, 1.807) is 11.8 Å². The number of carboxylic acid groups (broad SMARTS) is 1. The van der Waals surface area contributed by atoms with Gasteiger partial charge in [0.25, 0.3) is 0 Å². The van der Waals surface area contributed by atoms with Crippen molar-refractivity contribution in [3.8, 4) is 0 Å². The highest BCUT2D eigenvalue weighted by Gasteiger charge is 2.46. The Morgan fingerprint density at radius 3 is 2.94 bits per heavy atom. The average molecular weight is 244 g/mol. The van der Waals surface area contributed by atoms with Crippen molar-refractivity contribution < 1.29 is 14.7 Å². The van der Waals surface area contributed by atoms with Gasteiger partial charge in [-0.25, -0.2) is 0 Å². The number of rotatable bonds is 2. The molecule has 1 atom stereocenters. The van der Waals surface area contributed by atoms with Crippen molar-refractivity contribution in [2.24, 2.45) is 0 Å². The first-order chi connectivity index (χ1) is 7.65. The molecule has 0 aromatic heterocycles. The molecule has 0 aromatic carbocycles. The first kappa shape index (κ1) is 11.7. The summed E-state index contributed by atoms with van der Waals surface area (Å²) in [7, 11) is 0. The number of nitrogens with one attached hydrogen (secondary N) is 1. The standard InChI is InChI=1S/C10H16N2O3S/c13-8-6-12(4-3-11-8)10(9(14)15)2-1-5-16-7-10/h1-7H2,(H,11,13)(H,14,15). The van der Waals surface area contributed by atoms with E-state index in [2.05, 4.69) is 5.32 Å². The zero-order chi connectivity index (χ0) is 11.6. The van der Waals surface area contributed by atoms with E-state index in [1.165, 1.54) is 0 Å². The van der Waals surface area contributed by atoms with E-state index < -0.39 is 11.5 Å². The van der Waals surface area contributed by atoms with Gasteiger partial charge in [0.1, 0.15) is 5.54 Å². The summed E-state index contributed by atoms with van der Waals surface area (Å²) in [4.78, 5) is 24.7. The molecule has 0 bridgehead atoms. The number of aliphatic carboxylic acids is 1. The van der Waals surface area contributed by atoms with E-state index >= 15 is 0 Å². The van der Waals surface area contributed by atoms with E-state index in [0.717, 1.165) is 12.2 Å². The molecule has 16 heavy (non-hydrogen) atoms. The van der Waals surface area contributed by atoms with E-state index in [9.17, 15) is 14.7 Å². The molecule has 6 heteroatoms. The van der Waals surface area contributed by atoms with Gasteiger partial charge in [-0.2, -0.15) is 11.8 Å².